The quantitative estimate of drug-likeness (QED) is 0.574. The Morgan fingerprint density at radius 3 is 2.71 bits per heavy atom. The van der Waals surface area contributed by atoms with Gasteiger partial charge in [-0.25, -0.2) is 9.97 Å². The summed E-state index contributed by atoms with van der Waals surface area (Å²) >= 11 is 0. The third-order valence-corrected chi connectivity index (χ3v) is 3.65. The van der Waals surface area contributed by atoms with Crippen molar-refractivity contribution < 1.29 is 4.74 Å². The Labute approximate surface area is 139 Å². The summed E-state index contributed by atoms with van der Waals surface area (Å²) in [6.07, 6.45) is 3.44. The molecule has 0 aliphatic carbocycles. The first-order valence-electron chi connectivity index (χ1n) is 7.72. The van der Waals surface area contributed by atoms with E-state index in [1.165, 1.54) is 0 Å². The van der Waals surface area contributed by atoms with Crippen LogP contribution in [0, 0.1) is 0 Å². The van der Waals surface area contributed by atoms with Gasteiger partial charge in [-0.15, -0.1) is 0 Å². The fourth-order valence-corrected chi connectivity index (χ4v) is 2.47. The molecule has 2 N–H and O–H groups in total. The number of aromatic nitrogens is 3. The molecule has 24 heavy (non-hydrogen) atoms. The monoisotopic (exact) mass is 316 g/mol. The van der Waals surface area contributed by atoms with E-state index in [9.17, 15) is 0 Å². The summed E-state index contributed by atoms with van der Waals surface area (Å²) in [6, 6.07) is 19.8. The van der Waals surface area contributed by atoms with Crippen LogP contribution in [0.4, 0.5) is 5.69 Å². The van der Waals surface area contributed by atoms with Crippen molar-refractivity contribution in [1.29, 1.82) is 0 Å². The van der Waals surface area contributed by atoms with Crippen molar-refractivity contribution in [3.63, 3.8) is 0 Å². The van der Waals surface area contributed by atoms with Gasteiger partial charge < -0.3 is 15.0 Å². The number of hydrogen-bond acceptors (Lipinski definition) is 4. The second-order valence-electron chi connectivity index (χ2n) is 5.41. The highest BCUT2D eigenvalue weighted by Crippen LogP contribution is 2.22. The number of hydrogen-bond donors (Lipinski definition) is 2. The number of anilines is 1. The Bertz CT molecular complexity index is 950. The average Bonchev–Trinajstić information content (AvgIpc) is 3.09. The lowest BCUT2D eigenvalue weighted by atomic mass is 10.2. The molecule has 0 spiro atoms. The van der Waals surface area contributed by atoms with Gasteiger partial charge in [0.1, 0.15) is 17.0 Å². The Balaban J connectivity index is 1.45. The van der Waals surface area contributed by atoms with Gasteiger partial charge in [-0.2, -0.15) is 0 Å². The molecule has 118 valence electrons. The van der Waals surface area contributed by atoms with Gasteiger partial charge in [-0.05, 0) is 35.9 Å². The molecule has 0 bridgehead atoms. The molecule has 0 unspecified atom stereocenters. The summed E-state index contributed by atoms with van der Waals surface area (Å²) in [4.78, 5) is 11.5. The first-order valence-corrected chi connectivity index (χ1v) is 7.72. The van der Waals surface area contributed by atoms with Crippen LogP contribution in [0.5, 0.6) is 11.5 Å². The van der Waals surface area contributed by atoms with Crippen LogP contribution < -0.4 is 10.1 Å². The molecule has 0 radical (unpaired) electrons. The highest BCUT2D eigenvalue weighted by Gasteiger charge is 2.02. The molecular formula is C19H16N4O. The van der Waals surface area contributed by atoms with Crippen molar-refractivity contribution in [2.24, 2.45) is 0 Å². The second-order valence-corrected chi connectivity index (χ2v) is 5.41. The standard InChI is InChI=1S/C19H16N4O/c1-2-6-16(7-3-1)24-17-8-4-5-14(9-17)11-20-15-10-18-19(21-12-15)23-13-22-18/h1-10,12-13,20H,11H2,(H,21,22,23). The summed E-state index contributed by atoms with van der Waals surface area (Å²) in [5, 5.41) is 3.36. The molecule has 0 saturated carbocycles. The molecule has 5 nitrogen and oxygen atoms in total. The van der Waals surface area contributed by atoms with Crippen molar-refractivity contribution in [3.8, 4) is 11.5 Å². The maximum absolute atomic E-state index is 5.86. The third kappa shape index (κ3) is 3.20. The normalized spacial score (nSPS) is 10.7. The number of benzene rings is 2. The fraction of sp³-hybridized carbons (Fsp3) is 0.0526. The molecule has 2 aromatic carbocycles. The zero-order valence-corrected chi connectivity index (χ0v) is 12.9. The highest BCUT2D eigenvalue weighted by molar-refractivity contribution is 5.73. The Hall–Kier alpha value is -3.34. The fourth-order valence-electron chi connectivity index (χ4n) is 2.47. The lowest BCUT2D eigenvalue weighted by Gasteiger charge is -2.09. The summed E-state index contributed by atoms with van der Waals surface area (Å²) in [5.41, 5.74) is 3.70. The maximum atomic E-state index is 5.86. The molecule has 0 saturated heterocycles. The van der Waals surface area contributed by atoms with Gasteiger partial charge in [0, 0.05) is 6.54 Å². The van der Waals surface area contributed by atoms with Gasteiger partial charge >= 0.3 is 0 Å². The zero-order chi connectivity index (χ0) is 16.2. The first kappa shape index (κ1) is 14.3. The van der Waals surface area contributed by atoms with Gasteiger partial charge in [0.05, 0.1) is 18.2 Å². The van der Waals surface area contributed by atoms with Crippen LogP contribution in [-0.4, -0.2) is 15.0 Å². The van der Waals surface area contributed by atoms with Crippen LogP contribution in [0.25, 0.3) is 11.2 Å². The minimum atomic E-state index is 0.684. The molecule has 5 heteroatoms. The van der Waals surface area contributed by atoms with Crippen molar-refractivity contribution in [2.75, 3.05) is 5.32 Å². The smallest absolute Gasteiger partial charge is 0.157 e. The van der Waals surface area contributed by atoms with E-state index >= 15 is 0 Å². The summed E-state index contributed by atoms with van der Waals surface area (Å²) in [5.74, 6) is 1.65. The molecule has 0 amide bonds. The number of rotatable bonds is 5. The number of nitrogens with one attached hydrogen (secondary N) is 2. The SMILES string of the molecule is c1ccc(Oc2cccc(CNc3cnc4[nH]cnc4c3)c2)cc1. The average molecular weight is 316 g/mol. The van der Waals surface area contributed by atoms with Crippen LogP contribution in [0.2, 0.25) is 0 Å². The second kappa shape index (κ2) is 6.42. The topological polar surface area (TPSA) is 62.8 Å². The largest absolute Gasteiger partial charge is 0.457 e. The van der Waals surface area contributed by atoms with E-state index in [0.717, 1.165) is 33.9 Å². The molecule has 0 aliphatic rings. The molecule has 0 fully saturated rings. The number of para-hydroxylation sites is 1. The number of aromatic amines is 1. The Morgan fingerprint density at radius 1 is 0.917 bits per heavy atom. The first-order chi connectivity index (χ1) is 11.9. The Kier molecular flexibility index (Phi) is 3.81. The number of fused-ring (bicyclic) bond motifs is 1. The number of ether oxygens (including phenoxy) is 1. The van der Waals surface area contributed by atoms with Gasteiger partial charge in [0.2, 0.25) is 0 Å². The van der Waals surface area contributed by atoms with E-state index in [-0.39, 0.29) is 0 Å². The zero-order valence-electron chi connectivity index (χ0n) is 12.9. The predicted octanol–water partition coefficient (Wildman–Crippen LogP) is 4.36. The van der Waals surface area contributed by atoms with Crippen LogP contribution in [0.15, 0.2) is 73.2 Å². The molecule has 4 aromatic rings. The molecule has 0 aliphatic heterocycles. The van der Waals surface area contributed by atoms with Crippen molar-refractivity contribution >= 4 is 16.9 Å². The maximum Gasteiger partial charge on any atom is 0.157 e. The summed E-state index contributed by atoms with van der Waals surface area (Å²) < 4.78 is 5.86. The summed E-state index contributed by atoms with van der Waals surface area (Å²) in [6.45, 7) is 0.684. The van der Waals surface area contributed by atoms with Gasteiger partial charge in [-0.3, -0.25) is 0 Å². The molecule has 2 aromatic heterocycles. The van der Waals surface area contributed by atoms with Crippen LogP contribution in [0.1, 0.15) is 5.56 Å². The molecular weight excluding hydrogens is 300 g/mol. The van der Waals surface area contributed by atoms with E-state index in [1.807, 2.05) is 54.6 Å². The van der Waals surface area contributed by atoms with Crippen molar-refractivity contribution in [1.82, 2.24) is 15.0 Å². The van der Waals surface area contributed by atoms with Gasteiger partial charge in [-0.1, -0.05) is 30.3 Å². The van der Waals surface area contributed by atoms with E-state index < -0.39 is 0 Å². The van der Waals surface area contributed by atoms with E-state index in [1.54, 1.807) is 12.5 Å². The third-order valence-electron chi connectivity index (χ3n) is 3.65. The highest BCUT2D eigenvalue weighted by atomic mass is 16.5. The number of H-pyrrole nitrogens is 1. The molecule has 2 heterocycles. The van der Waals surface area contributed by atoms with E-state index in [4.69, 9.17) is 4.74 Å². The van der Waals surface area contributed by atoms with E-state index in [2.05, 4.69) is 26.3 Å². The number of nitrogens with zero attached hydrogens (tertiary/aromatic N) is 2. The molecule has 4 rings (SSSR count). The number of imidazole rings is 1. The minimum absolute atomic E-state index is 0.684. The van der Waals surface area contributed by atoms with Gasteiger partial charge in [0.25, 0.3) is 0 Å². The van der Waals surface area contributed by atoms with Crippen molar-refractivity contribution in [3.05, 3.63) is 78.8 Å². The lowest BCUT2D eigenvalue weighted by molar-refractivity contribution is 0.482. The number of pyridine rings is 1. The molecule has 0 atom stereocenters. The van der Waals surface area contributed by atoms with Gasteiger partial charge in [0.15, 0.2) is 5.65 Å². The van der Waals surface area contributed by atoms with E-state index in [0.29, 0.717) is 6.54 Å². The summed E-state index contributed by atoms with van der Waals surface area (Å²) in [7, 11) is 0. The minimum Gasteiger partial charge on any atom is -0.457 e. The van der Waals surface area contributed by atoms with Crippen molar-refractivity contribution in [2.45, 2.75) is 6.54 Å². The van der Waals surface area contributed by atoms with Crippen LogP contribution in [-0.2, 0) is 6.54 Å². The lowest BCUT2D eigenvalue weighted by Crippen LogP contribution is -2.00. The Morgan fingerprint density at radius 2 is 1.79 bits per heavy atom. The predicted molar refractivity (Wildman–Crippen MR) is 94.2 cm³/mol. The van der Waals surface area contributed by atoms with Crippen LogP contribution >= 0.6 is 0 Å². The van der Waals surface area contributed by atoms with Crippen LogP contribution in [0.3, 0.4) is 0 Å².